The molecule has 0 atom stereocenters. The maximum absolute atomic E-state index is 12.3. The highest BCUT2D eigenvalue weighted by atomic mass is 16.1. The monoisotopic (exact) mass is 331 g/mol. The van der Waals surface area contributed by atoms with Crippen LogP contribution in [-0.4, -0.2) is 15.8 Å². The summed E-state index contributed by atoms with van der Waals surface area (Å²) in [4.78, 5) is 20.7. The molecule has 0 spiro atoms. The van der Waals surface area contributed by atoms with Gasteiger partial charge in [0.1, 0.15) is 5.82 Å². The fourth-order valence-electron chi connectivity index (χ4n) is 2.61. The van der Waals surface area contributed by atoms with Gasteiger partial charge >= 0.3 is 0 Å². The lowest BCUT2D eigenvalue weighted by Gasteiger charge is -2.09. The van der Waals surface area contributed by atoms with E-state index in [-0.39, 0.29) is 5.78 Å². The van der Waals surface area contributed by atoms with Crippen LogP contribution in [0, 0.1) is 5.92 Å². The largest absolute Gasteiger partial charge is 0.340 e. The summed E-state index contributed by atoms with van der Waals surface area (Å²) in [6, 6.07) is 15.4. The van der Waals surface area contributed by atoms with Crippen LogP contribution in [0.4, 0.5) is 11.5 Å². The quantitative estimate of drug-likeness (QED) is 0.668. The zero-order valence-electron chi connectivity index (χ0n) is 14.4. The summed E-state index contributed by atoms with van der Waals surface area (Å²) in [7, 11) is 0. The Labute approximate surface area is 148 Å². The number of hydrogen-bond donors (Lipinski definition) is 1. The molecule has 0 aliphatic rings. The topological polar surface area (TPSA) is 54.9 Å². The number of pyridine rings is 2. The molecule has 4 heteroatoms. The van der Waals surface area contributed by atoms with Gasteiger partial charge in [-0.1, -0.05) is 26.0 Å². The Kier molecular flexibility index (Phi) is 5.19. The second kappa shape index (κ2) is 7.71. The lowest BCUT2D eigenvalue weighted by molar-refractivity contribution is 0.103. The minimum atomic E-state index is -0.0785. The van der Waals surface area contributed by atoms with E-state index < -0.39 is 0 Å². The van der Waals surface area contributed by atoms with Gasteiger partial charge in [0.05, 0.1) is 0 Å². The third kappa shape index (κ3) is 4.51. The summed E-state index contributed by atoms with van der Waals surface area (Å²) >= 11 is 0. The number of ketones is 1. The van der Waals surface area contributed by atoms with Crippen molar-refractivity contribution in [1.82, 2.24) is 9.97 Å². The van der Waals surface area contributed by atoms with Crippen LogP contribution in [-0.2, 0) is 6.42 Å². The Bertz CT molecular complexity index is 825. The van der Waals surface area contributed by atoms with Crippen molar-refractivity contribution in [2.75, 3.05) is 5.32 Å². The summed E-state index contributed by atoms with van der Waals surface area (Å²) in [6.07, 6.45) is 5.87. The van der Waals surface area contributed by atoms with Crippen molar-refractivity contribution in [2.45, 2.75) is 20.3 Å². The first kappa shape index (κ1) is 16.8. The minimum Gasteiger partial charge on any atom is -0.340 e. The Morgan fingerprint density at radius 2 is 1.76 bits per heavy atom. The maximum Gasteiger partial charge on any atom is 0.196 e. The number of nitrogens with zero attached hydrogens (tertiary/aromatic N) is 2. The second-order valence-electron chi connectivity index (χ2n) is 6.42. The van der Waals surface area contributed by atoms with Crippen molar-refractivity contribution in [1.29, 1.82) is 0 Å². The van der Waals surface area contributed by atoms with Gasteiger partial charge in [-0.15, -0.1) is 0 Å². The van der Waals surface area contributed by atoms with E-state index in [0.29, 0.717) is 22.9 Å². The van der Waals surface area contributed by atoms with Gasteiger partial charge in [0.25, 0.3) is 0 Å². The number of nitrogens with one attached hydrogen (secondary N) is 1. The van der Waals surface area contributed by atoms with Gasteiger partial charge in [0.15, 0.2) is 5.78 Å². The zero-order chi connectivity index (χ0) is 17.6. The Morgan fingerprint density at radius 1 is 1.00 bits per heavy atom. The second-order valence-corrected chi connectivity index (χ2v) is 6.42. The molecule has 0 amide bonds. The summed E-state index contributed by atoms with van der Waals surface area (Å²) in [5.41, 5.74) is 3.41. The predicted molar refractivity (Wildman–Crippen MR) is 100 cm³/mol. The third-order valence-corrected chi connectivity index (χ3v) is 3.82. The van der Waals surface area contributed by atoms with Crippen molar-refractivity contribution >= 4 is 17.3 Å². The number of aromatic nitrogens is 2. The highest BCUT2D eigenvalue weighted by Crippen LogP contribution is 2.18. The Morgan fingerprint density at radius 3 is 2.36 bits per heavy atom. The van der Waals surface area contributed by atoms with E-state index in [1.165, 1.54) is 5.56 Å². The average molecular weight is 331 g/mol. The van der Waals surface area contributed by atoms with Crippen LogP contribution in [0.1, 0.15) is 35.3 Å². The van der Waals surface area contributed by atoms with Crippen molar-refractivity contribution in [3.8, 4) is 0 Å². The van der Waals surface area contributed by atoms with Crippen LogP contribution in [0.5, 0.6) is 0 Å². The summed E-state index contributed by atoms with van der Waals surface area (Å²) in [5.74, 6) is 1.27. The van der Waals surface area contributed by atoms with E-state index in [2.05, 4.69) is 41.3 Å². The molecule has 0 unspecified atom stereocenters. The van der Waals surface area contributed by atoms with E-state index in [1.54, 1.807) is 36.8 Å². The molecule has 0 saturated carbocycles. The summed E-state index contributed by atoms with van der Waals surface area (Å²) in [6.45, 7) is 4.43. The lowest BCUT2D eigenvalue weighted by atomic mass is 10.0. The summed E-state index contributed by atoms with van der Waals surface area (Å²) in [5, 5.41) is 3.26. The molecule has 1 N–H and O–H groups in total. The normalized spacial score (nSPS) is 10.7. The van der Waals surface area contributed by atoms with Crippen LogP contribution in [0.2, 0.25) is 0 Å². The molecule has 0 radical (unpaired) electrons. The van der Waals surface area contributed by atoms with Crippen LogP contribution < -0.4 is 5.32 Å². The molecule has 25 heavy (non-hydrogen) atoms. The van der Waals surface area contributed by atoms with Crippen LogP contribution in [0.3, 0.4) is 0 Å². The molecule has 126 valence electrons. The Balaban J connectivity index is 1.67. The smallest absolute Gasteiger partial charge is 0.196 e. The molecule has 2 heterocycles. The molecular weight excluding hydrogens is 310 g/mol. The average Bonchev–Trinajstić information content (AvgIpc) is 2.64. The zero-order valence-corrected chi connectivity index (χ0v) is 14.4. The van der Waals surface area contributed by atoms with E-state index in [1.807, 2.05) is 18.2 Å². The molecule has 1 aromatic carbocycles. The first-order valence-corrected chi connectivity index (χ1v) is 8.38. The van der Waals surface area contributed by atoms with Gasteiger partial charge in [-0.25, -0.2) is 4.98 Å². The molecule has 3 aromatic rings. The highest BCUT2D eigenvalue weighted by molar-refractivity contribution is 6.08. The number of benzene rings is 1. The molecule has 0 bridgehead atoms. The maximum atomic E-state index is 12.3. The standard InChI is InChI=1S/C21H21N3O/c1-15(2)12-16-5-8-19(9-6-16)24-20-10-7-18(14-23-20)21(25)17-4-3-11-22-13-17/h3-11,13-15H,12H2,1-2H3,(H,23,24). The van der Waals surface area contributed by atoms with Gasteiger partial charge < -0.3 is 5.32 Å². The fraction of sp³-hybridized carbons (Fsp3) is 0.190. The van der Waals surface area contributed by atoms with Gasteiger partial charge in [0.2, 0.25) is 0 Å². The fourth-order valence-corrected chi connectivity index (χ4v) is 2.61. The van der Waals surface area contributed by atoms with E-state index in [4.69, 9.17) is 0 Å². The van der Waals surface area contributed by atoms with E-state index >= 15 is 0 Å². The minimum absolute atomic E-state index is 0.0785. The number of carbonyl (C=O) groups is 1. The van der Waals surface area contributed by atoms with Crippen molar-refractivity contribution < 1.29 is 4.79 Å². The van der Waals surface area contributed by atoms with E-state index in [0.717, 1.165) is 12.1 Å². The molecule has 2 aromatic heterocycles. The molecule has 0 fully saturated rings. The van der Waals surface area contributed by atoms with Gasteiger partial charge in [0, 0.05) is 35.4 Å². The molecule has 4 nitrogen and oxygen atoms in total. The SMILES string of the molecule is CC(C)Cc1ccc(Nc2ccc(C(=O)c3cccnc3)cn2)cc1. The highest BCUT2D eigenvalue weighted by Gasteiger charge is 2.09. The van der Waals surface area contributed by atoms with Crippen LogP contribution in [0.25, 0.3) is 0 Å². The molecule has 0 saturated heterocycles. The predicted octanol–water partition coefficient (Wildman–Crippen LogP) is 4.65. The van der Waals surface area contributed by atoms with Crippen molar-refractivity contribution in [3.63, 3.8) is 0 Å². The number of hydrogen-bond acceptors (Lipinski definition) is 4. The molecule has 0 aliphatic carbocycles. The van der Waals surface area contributed by atoms with Crippen molar-refractivity contribution in [2.24, 2.45) is 5.92 Å². The summed E-state index contributed by atoms with van der Waals surface area (Å²) < 4.78 is 0. The molecule has 3 rings (SSSR count). The van der Waals surface area contributed by atoms with E-state index in [9.17, 15) is 4.79 Å². The first-order chi connectivity index (χ1) is 12.1. The first-order valence-electron chi connectivity index (χ1n) is 8.38. The van der Waals surface area contributed by atoms with Gasteiger partial charge in [-0.05, 0) is 54.3 Å². The third-order valence-electron chi connectivity index (χ3n) is 3.82. The molecular formula is C21H21N3O. The number of anilines is 2. The van der Waals surface area contributed by atoms with Crippen LogP contribution in [0.15, 0.2) is 67.1 Å². The van der Waals surface area contributed by atoms with Crippen molar-refractivity contribution in [3.05, 3.63) is 83.8 Å². The number of carbonyl (C=O) groups excluding carboxylic acids is 1. The van der Waals surface area contributed by atoms with Gasteiger partial charge in [-0.3, -0.25) is 9.78 Å². The van der Waals surface area contributed by atoms with Gasteiger partial charge in [-0.2, -0.15) is 0 Å². The number of rotatable bonds is 6. The Hall–Kier alpha value is -3.01. The lowest BCUT2D eigenvalue weighted by Crippen LogP contribution is -2.03. The van der Waals surface area contributed by atoms with Crippen LogP contribution >= 0.6 is 0 Å². The molecule has 0 aliphatic heterocycles.